The Hall–Kier alpha value is -1.43. The van der Waals surface area contributed by atoms with Crippen molar-refractivity contribution >= 4 is 11.8 Å². The predicted octanol–water partition coefficient (Wildman–Crippen LogP) is 3.44. The lowest BCUT2D eigenvalue weighted by molar-refractivity contribution is 0.556. The highest BCUT2D eigenvalue weighted by molar-refractivity contribution is 7.99. The molecule has 2 aromatic rings. The number of hydrogen-bond donors (Lipinski definition) is 2. The highest BCUT2D eigenvalue weighted by Gasteiger charge is 2.11. The fourth-order valence-corrected chi connectivity index (χ4v) is 3.15. The molecule has 2 rings (SSSR count). The topological polar surface area (TPSA) is 38.0 Å². The Kier molecular flexibility index (Phi) is 5.73. The van der Waals surface area contributed by atoms with Crippen molar-refractivity contribution in [2.45, 2.75) is 24.3 Å². The Bertz CT molecular complexity index is 584. The standard InChI is InChI=1S/C16H18F2N2S/c1-11-4-2-3-5-16(11)21-10-15(20-19)8-12-6-13(17)9-14(18)7-12/h2-7,9,15,20H,8,10,19H2,1H3. The lowest BCUT2D eigenvalue weighted by atomic mass is 10.1. The monoisotopic (exact) mass is 308 g/mol. The Labute approximate surface area is 127 Å². The van der Waals surface area contributed by atoms with E-state index in [0.29, 0.717) is 12.0 Å². The normalized spacial score (nSPS) is 12.4. The Morgan fingerprint density at radius 2 is 1.81 bits per heavy atom. The molecule has 0 saturated heterocycles. The number of hydrogen-bond acceptors (Lipinski definition) is 3. The minimum atomic E-state index is -0.563. The number of aryl methyl sites for hydroxylation is 1. The molecule has 1 unspecified atom stereocenters. The maximum Gasteiger partial charge on any atom is 0.126 e. The van der Waals surface area contributed by atoms with Crippen molar-refractivity contribution in [2.75, 3.05) is 5.75 Å². The summed E-state index contributed by atoms with van der Waals surface area (Å²) in [5.74, 6) is 5.14. The first-order valence-corrected chi connectivity index (χ1v) is 7.66. The van der Waals surface area contributed by atoms with Gasteiger partial charge < -0.3 is 0 Å². The minimum Gasteiger partial charge on any atom is -0.271 e. The number of hydrazine groups is 1. The van der Waals surface area contributed by atoms with E-state index in [0.717, 1.165) is 11.8 Å². The summed E-state index contributed by atoms with van der Waals surface area (Å²) in [6.45, 7) is 2.05. The van der Waals surface area contributed by atoms with Gasteiger partial charge in [0, 0.05) is 22.8 Å². The molecular weight excluding hydrogens is 290 g/mol. The van der Waals surface area contributed by atoms with Crippen LogP contribution in [0.5, 0.6) is 0 Å². The molecule has 1 atom stereocenters. The van der Waals surface area contributed by atoms with Gasteiger partial charge in [-0.3, -0.25) is 11.3 Å². The van der Waals surface area contributed by atoms with Crippen molar-refractivity contribution in [1.82, 2.24) is 5.43 Å². The molecule has 0 heterocycles. The van der Waals surface area contributed by atoms with E-state index in [1.165, 1.54) is 22.6 Å². The molecule has 0 aromatic heterocycles. The van der Waals surface area contributed by atoms with Crippen LogP contribution in [0.4, 0.5) is 8.78 Å². The van der Waals surface area contributed by atoms with Crippen molar-refractivity contribution in [3.8, 4) is 0 Å². The highest BCUT2D eigenvalue weighted by Crippen LogP contribution is 2.23. The minimum absolute atomic E-state index is 0.0594. The SMILES string of the molecule is Cc1ccccc1SCC(Cc1cc(F)cc(F)c1)NN. The largest absolute Gasteiger partial charge is 0.271 e. The third kappa shape index (κ3) is 4.81. The van der Waals surface area contributed by atoms with E-state index in [9.17, 15) is 8.78 Å². The van der Waals surface area contributed by atoms with Crippen LogP contribution in [-0.2, 0) is 6.42 Å². The van der Waals surface area contributed by atoms with E-state index >= 15 is 0 Å². The third-order valence-corrected chi connectivity index (χ3v) is 4.51. The lowest BCUT2D eigenvalue weighted by Gasteiger charge is -2.16. The molecule has 0 aliphatic rings. The highest BCUT2D eigenvalue weighted by atomic mass is 32.2. The van der Waals surface area contributed by atoms with Gasteiger partial charge in [0.25, 0.3) is 0 Å². The van der Waals surface area contributed by atoms with Crippen molar-refractivity contribution in [3.05, 3.63) is 65.2 Å². The number of nitrogens with one attached hydrogen (secondary N) is 1. The molecule has 2 nitrogen and oxygen atoms in total. The Morgan fingerprint density at radius 1 is 1.14 bits per heavy atom. The first kappa shape index (κ1) is 15.9. The van der Waals surface area contributed by atoms with Crippen molar-refractivity contribution < 1.29 is 8.78 Å². The maximum atomic E-state index is 13.2. The van der Waals surface area contributed by atoms with Gasteiger partial charge in [-0.1, -0.05) is 18.2 Å². The summed E-state index contributed by atoms with van der Waals surface area (Å²) < 4.78 is 26.4. The maximum absolute atomic E-state index is 13.2. The van der Waals surface area contributed by atoms with Crippen molar-refractivity contribution in [1.29, 1.82) is 0 Å². The van der Waals surface area contributed by atoms with Gasteiger partial charge in [0.15, 0.2) is 0 Å². The summed E-state index contributed by atoms with van der Waals surface area (Å²) in [6.07, 6.45) is 0.476. The summed E-state index contributed by atoms with van der Waals surface area (Å²) in [5.41, 5.74) is 4.52. The van der Waals surface area contributed by atoms with Crippen LogP contribution >= 0.6 is 11.8 Å². The summed E-state index contributed by atoms with van der Waals surface area (Å²) in [7, 11) is 0. The van der Waals surface area contributed by atoms with Crippen LogP contribution in [0.25, 0.3) is 0 Å². The van der Waals surface area contributed by atoms with E-state index in [4.69, 9.17) is 5.84 Å². The smallest absolute Gasteiger partial charge is 0.126 e. The fourth-order valence-electron chi connectivity index (χ4n) is 2.09. The van der Waals surface area contributed by atoms with Gasteiger partial charge in [-0.25, -0.2) is 8.78 Å². The zero-order valence-electron chi connectivity index (χ0n) is 11.8. The van der Waals surface area contributed by atoms with Gasteiger partial charge in [0.2, 0.25) is 0 Å². The van der Waals surface area contributed by atoms with Gasteiger partial charge in [-0.2, -0.15) is 0 Å². The molecule has 0 spiro atoms. The van der Waals surface area contributed by atoms with E-state index in [2.05, 4.69) is 24.5 Å². The quantitative estimate of drug-likeness (QED) is 0.488. The van der Waals surface area contributed by atoms with Crippen LogP contribution in [0.2, 0.25) is 0 Å². The van der Waals surface area contributed by atoms with Crippen LogP contribution < -0.4 is 11.3 Å². The molecule has 0 aliphatic carbocycles. The van der Waals surface area contributed by atoms with Crippen LogP contribution in [0.3, 0.4) is 0 Å². The van der Waals surface area contributed by atoms with Crippen LogP contribution in [0.1, 0.15) is 11.1 Å². The molecule has 2 aromatic carbocycles. The molecule has 0 radical (unpaired) electrons. The first-order valence-electron chi connectivity index (χ1n) is 6.68. The number of benzene rings is 2. The average molecular weight is 308 g/mol. The second kappa shape index (κ2) is 7.54. The van der Waals surface area contributed by atoms with Crippen LogP contribution in [-0.4, -0.2) is 11.8 Å². The van der Waals surface area contributed by atoms with Crippen LogP contribution in [0, 0.1) is 18.6 Å². The second-order valence-electron chi connectivity index (χ2n) is 4.92. The zero-order chi connectivity index (χ0) is 15.2. The number of thioether (sulfide) groups is 1. The van der Waals surface area contributed by atoms with Gasteiger partial charge in [0.05, 0.1) is 0 Å². The molecule has 0 amide bonds. The summed E-state index contributed by atoms with van der Waals surface area (Å²) in [5, 5.41) is 0. The molecule has 0 bridgehead atoms. The molecule has 5 heteroatoms. The van der Waals surface area contributed by atoms with Gasteiger partial charge in [0.1, 0.15) is 11.6 Å². The van der Waals surface area contributed by atoms with Gasteiger partial charge >= 0.3 is 0 Å². The van der Waals surface area contributed by atoms with Crippen molar-refractivity contribution in [2.24, 2.45) is 5.84 Å². The predicted molar refractivity (Wildman–Crippen MR) is 83.1 cm³/mol. The number of halogens is 2. The number of nitrogens with two attached hydrogens (primary N) is 1. The summed E-state index contributed by atoms with van der Waals surface area (Å²) in [6, 6.07) is 11.6. The Morgan fingerprint density at radius 3 is 2.43 bits per heavy atom. The molecule has 112 valence electrons. The van der Waals surface area contributed by atoms with Crippen LogP contribution in [0.15, 0.2) is 47.4 Å². The zero-order valence-corrected chi connectivity index (χ0v) is 12.6. The summed E-state index contributed by atoms with van der Waals surface area (Å²) in [4.78, 5) is 1.18. The second-order valence-corrected chi connectivity index (χ2v) is 5.98. The molecular formula is C16H18F2N2S. The van der Waals surface area contributed by atoms with E-state index in [1.807, 2.05) is 12.1 Å². The van der Waals surface area contributed by atoms with Gasteiger partial charge in [-0.05, 0) is 42.7 Å². The molecule has 0 fully saturated rings. The van der Waals surface area contributed by atoms with Crippen molar-refractivity contribution in [3.63, 3.8) is 0 Å². The van der Waals surface area contributed by atoms with E-state index < -0.39 is 11.6 Å². The Balaban J connectivity index is 1.98. The van der Waals surface area contributed by atoms with E-state index in [-0.39, 0.29) is 6.04 Å². The van der Waals surface area contributed by atoms with Gasteiger partial charge in [-0.15, -0.1) is 11.8 Å². The third-order valence-electron chi connectivity index (χ3n) is 3.17. The number of rotatable bonds is 6. The molecule has 3 N–H and O–H groups in total. The average Bonchev–Trinajstić information content (AvgIpc) is 2.44. The lowest BCUT2D eigenvalue weighted by Crippen LogP contribution is -2.38. The van der Waals surface area contributed by atoms with E-state index in [1.54, 1.807) is 11.8 Å². The fraction of sp³-hybridized carbons (Fsp3) is 0.250. The molecule has 0 aliphatic heterocycles. The molecule has 0 saturated carbocycles. The first-order chi connectivity index (χ1) is 10.1. The summed E-state index contributed by atoms with van der Waals surface area (Å²) >= 11 is 1.68. The molecule has 21 heavy (non-hydrogen) atoms.